The number of fused-ring (bicyclic) bond motifs is 2. The average Bonchev–Trinajstić information content (AvgIpc) is 3.50. The highest BCUT2D eigenvalue weighted by molar-refractivity contribution is 6.10. The number of carbonyl (C=O) groups excluding carboxylic acids is 2. The number of carbonyl (C=O) groups is 2. The number of nitrogens with one attached hydrogen (secondary N) is 1. The summed E-state index contributed by atoms with van der Waals surface area (Å²) in [5.41, 5.74) is 4.02. The predicted octanol–water partition coefficient (Wildman–Crippen LogP) is 1.49. The van der Waals surface area contributed by atoms with E-state index < -0.39 is 0 Å². The molecular formula is C26H31N7O4. The summed E-state index contributed by atoms with van der Waals surface area (Å²) in [5.74, 6) is -0.250. The van der Waals surface area contributed by atoms with Gasteiger partial charge in [0.1, 0.15) is 5.56 Å². The van der Waals surface area contributed by atoms with E-state index >= 15 is 0 Å². The molecule has 2 saturated heterocycles. The summed E-state index contributed by atoms with van der Waals surface area (Å²) in [6, 6.07) is 5.89. The molecule has 0 radical (unpaired) electrons. The van der Waals surface area contributed by atoms with E-state index in [0.29, 0.717) is 61.9 Å². The summed E-state index contributed by atoms with van der Waals surface area (Å²) in [6.07, 6.45) is 4.92. The zero-order valence-corrected chi connectivity index (χ0v) is 20.9. The fourth-order valence-electron chi connectivity index (χ4n) is 5.35. The molecule has 37 heavy (non-hydrogen) atoms. The van der Waals surface area contributed by atoms with Gasteiger partial charge in [0.2, 0.25) is 0 Å². The van der Waals surface area contributed by atoms with Crippen molar-refractivity contribution in [2.75, 3.05) is 69.4 Å². The van der Waals surface area contributed by atoms with Crippen molar-refractivity contribution in [2.24, 2.45) is 0 Å². The lowest BCUT2D eigenvalue weighted by Crippen LogP contribution is -2.47. The highest BCUT2D eigenvalue weighted by Crippen LogP contribution is 2.35. The Morgan fingerprint density at radius 3 is 2.65 bits per heavy atom. The summed E-state index contributed by atoms with van der Waals surface area (Å²) >= 11 is 0. The van der Waals surface area contributed by atoms with Crippen molar-refractivity contribution in [1.82, 2.24) is 24.4 Å². The van der Waals surface area contributed by atoms with Gasteiger partial charge in [-0.05, 0) is 30.7 Å². The van der Waals surface area contributed by atoms with E-state index in [4.69, 9.17) is 9.47 Å². The summed E-state index contributed by atoms with van der Waals surface area (Å²) < 4.78 is 12.6. The minimum atomic E-state index is -0.287. The quantitative estimate of drug-likeness (QED) is 0.538. The SMILES string of the molecule is C[C@@H](CN1Cc2cc(NC(=O)c3cnn4cccnc34)c(N3CCOCC3)cc2C1=O)N1CCOCC1. The van der Waals surface area contributed by atoms with Crippen molar-refractivity contribution in [3.63, 3.8) is 0 Å². The van der Waals surface area contributed by atoms with Crippen LogP contribution in [0.1, 0.15) is 33.2 Å². The van der Waals surface area contributed by atoms with Crippen molar-refractivity contribution in [1.29, 1.82) is 0 Å². The Morgan fingerprint density at radius 2 is 1.86 bits per heavy atom. The van der Waals surface area contributed by atoms with E-state index in [1.165, 1.54) is 6.20 Å². The highest BCUT2D eigenvalue weighted by Gasteiger charge is 2.32. The molecular weight excluding hydrogens is 474 g/mol. The molecule has 3 aromatic rings. The van der Waals surface area contributed by atoms with Gasteiger partial charge in [-0.1, -0.05) is 0 Å². The first-order valence-corrected chi connectivity index (χ1v) is 12.8. The first-order chi connectivity index (χ1) is 18.1. The van der Waals surface area contributed by atoms with Gasteiger partial charge in [-0.3, -0.25) is 14.5 Å². The minimum Gasteiger partial charge on any atom is -0.379 e. The van der Waals surface area contributed by atoms with Crippen LogP contribution >= 0.6 is 0 Å². The number of hydrogen-bond donors (Lipinski definition) is 1. The lowest BCUT2D eigenvalue weighted by Gasteiger charge is -2.34. The number of aromatic nitrogens is 3. The van der Waals surface area contributed by atoms with Crippen LogP contribution in [0.4, 0.5) is 11.4 Å². The molecule has 0 aliphatic carbocycles. The number of nitrogens with zero attached hydrogens (tertiary/aromatic N) is 6. The number of rotatable bonds is 6. The number of anilines is 2. The molecule has 3 aliphatic rings. The Hall–Kier alpha value is -3.54. The molecule has 11 heteroatoms. The molecule has 3 aliphatic heterocycles. The maximum absolute atomic E-state index is 13.4. The fraction of sp³-hybridized carbons (Fsp3) is 0.462. The zero-order valence-electron chi connectivity index (χ0n) is 20.9. The Labute approximate surface area is 214 Å². The van der Waals surface area contributed by atoms with Crippen LogP contribution in [0.3, 0.4) is 0 Å². The normalized spacial score (nSPS) is 19.3. The largest absolute Gasteiger partial charge is 0.379 e. The monoisotopic (exact) mass is 505 g/mol. The van der Waals surface area contributed by atoms with Crippen LogP contribution in [-0.2, 0) is 16.0 Å². The van der Waals surface area contributed by atoms with Gasteiger partial charge in [0.25, 0.3) is 11.8 Å². The standard InChI is InChI=1S/C26H31N7O4/c1-18(30-5-9-36-10-6-30)16-32-17-19-13-22(23(14-20(19)26(32)35)31-7-11-37-12-8-31)29-25(34)21-15-28-33-4-2-3-27-24(21)33/h2-4,13-15,18H,5-12,16-17H2,1H3,(H,29,34)/t18-/m0/s1. The Bertz CT molecular complexity index is 1310. The number of hydrogen-bond acceptors (Lipinski definition) is 8. The molecule has 1 N–H and O–H groups in total. The van der Waals surface area contributed by atoms with E-state index in [2.05, 4.69) is 32.1 Å². The predicted molar refractivity (Wildman–Crippen MR) is 137 cm³/mol. The molecule has 2 amide bonds. The Morgan fingerprint density at radius 1 is 1.11 bits per heavy atom. The van der Waals surface area contributed by atoms with Crippen LogP contribution < -0.4 is 10.2 Å². The number of ether oxygens (including phenoxy) is 2. The van der Waals surface area contributed by atoms with E-state index in [0.717, 1.165) is 37.6 Å². The maximum Gasteiger partial charge on any atom is 0.261 e. The van der Waals surface area contributed by atoms with Gasteiger partial charge >= 0.3 is 0 Å². The van der Waals surface area contributed by atoms with Crippen LogP contribution in [-0.4, -0.2) is 101 Å². The topological polar surface area (TPSA) is 105 Å². The van der Waals surface area contributed by atoms with Crippen LogP contribution in [0.15, 0.2) is 36.8 Å². The van der Waals surface area contributed by atoms with Gasteiger partial charge < -0.3 is 24.6 Å². The van der Waals surface area contributed by atoms with Crippen LogP contribution in [0.2, 0.25) is 0 Å². The Kier molecular flexibility index (Phi) is 6.49. The molecule has 2 fully saturated rings. The summed E-state index contributed by atoms with van der Waals surface area (Å²) in [4.78, 5) is 37.5. The smallest absolute Gasteiger partial charge is 0.261 e. The molecule has 1 atom stereocenters. The first-order valence-electron chi connectivity index (χ1n) is 12.8. The molecule has 0 unspecified atom stereocenters. The van der Waals surface area contributed by atoms with Crippen molar-refractivity contribution in [3.05, 3.63) is 53.5 Å². The van der Waals surface area contributed by atoms with Crippen LogP contribution in [0.25, 0.3) is 5.65 Å². The molecule has 5 heterocycles. The van der Waals surface area contributed by atoms with Gasteiger partial charge in [0.15, 0.2) is 5.65 Å². The third kappa shape index (κ3) is 4.65. The molecule has 0 saturated carbocycles. The van der Waals surface area contributed by atoms with Crippen molar-refractivity contribution in [3.8, 4) is 0 Å². The van der Waals surface area contributed by atoms with Crippen molar-refractivity contribution < 1.29 is 19.1 Å². The zero-order chi connectivity index (χ0) is 25.4. The molecule has 2 aromatic heterocycles. The molecule has 0 spiro atoms. The fourth-order valence-corrected chi connectivity index (χ4v) is 5.35. The van der Waals surface area contributed by atoms with E-state index in [9.17, 15) is 9.59 Å². The second-order valence-electron chi connectivity index (χ2n) is 9.71. The number of benzene rings is 1. The second kappa shape index (κ2) is 10.1. The molecule has 0 bridgehead atoms. The van der Waals surface area contributed by atoms with E-state index in [1.54, 1.807) is 23.0 Å². The molecule has 11 nitrogen and oxygen atoms in total. The Balaban J connectivity index is 1.28. The lowest BCUT2D eigenvalue weighted by atomic mass is 10.1. The summed E-state index contributed by atoms with van der Waals surface area (Å²) in [7, 11) is 0. The number of amides is 2. The van der Waals surface area contributed by atoms with Crippen LogP contribution in [0, 0.1) is 0 Å². The third-order valence-electron chi connectivity index (χ3n) is 7.38. The van der Waals surface area contributed by atoms with Crippen molar-refractivity contribution in [2.45, 2.75) is 19.5 Å². The maximum atomic E-state index is 13.4. The molecule has 1 aromatic carbocycles. The van der Waals surface area contributed by atoms with Crippen molar-refractivity contribution >= 4 is 28.8 Å². The van der Waals surface area contributed by atoms with Gasteiger partial charge in [0.05, 0.1) is 44.0 Å². The summed E-state index contributed by atoms with van der Waals surface area (Å²) in [6.45, 7) is 9.12. The van der Waals surface area contributed by atoms with Gasteiger partial charge in [0, 0.05) is 63.3 Å². The second-order valence-corrected chi connectivity index (χ2v) is 9.71. The molecule has 6 rings (SSSR count). The molecule has 194 valence electrons. The van der Waals surface area contributed by atoms with Gasteiger partial charge in [-0.2, -0.15) is 5.10 Å². The lowest BCUT2D eigenvalue weighted by molar-refractivity contribution is 0.0128. The third-order valence-corrected chi connectivity index (χ3v) is 7.38. The van der Waals surface area contributed by atoms with E-state index in [1.807, 2.05) is 17.0 Å². The highest BCUT2D eigenvalue weighted by atomic mass is 16.5. The minimum absolute atomic E-state index is 0.0364. The first kappa shape index (κ1) is 23.8. The van der Waals surface area contributed by atoms with Gasteiger partial charge in [-0.15, -0.1) is 0 Å². The van der Waals surface area contributed by atoms with Crippen LogP contribution in [0.5, 0.6) is 0 Å². The van der Waals surface area contributed by atoms with Gasteiger partial charge in [-0.25, -0.2) is 9.50 Å². The average molecular weight is 506 g/mol. The van der Waals surface area contributed by atoms with E-state index in [-0.39, 0.29) is 17.9 Å². The summed E-state index contributed by atoms with van der Waals surface area (Å²) in [5, 5.41) is 7.33. The number of morpholine rings is 2.